The third-order valence-corrected chi connectivity index (χ3v) is 5.84. The number of ether oxygens (including phenoxy) is 3. The van der Waals surface area contributed by atoms with Gasteiger partial charge in [-0.05, 0) is 35.3 Å². The predicted octanol–water partition coefficient (Wildman–Crippen LogP) is 5.33. The molecule has 1 fully saturated rings. The Labute approximate surface area is 193 Å². The van der Waals surface area contributed by atoms with Crippen LogP contribution in [0.25, 0.3) is 6.08 Å². The molecule has 2 aromatic carbocycles. The van der Waals surface area contributed by atoms with Crippen LogP contribution in [0.4, 0.5) is 0 Å². The zero-order valence-electron chi connectivity index (χ0n) is 18.2. The summed E-state index contributed by atoms with van der Waals surface area (Å²) in [5.74, 6) is 1.85. The average Bonchev–Trinajstić information content (AvgIpc) is 3.04. The van der Waals surface area contributed by atoms with Gasteiger partial charge < -0.3 is 19.5 Å². The first kappa shape index (κ1) is 23.2. The van der Waals surface area contributed by atoms with Crippen molar-refractivity contribution < 1.29 is 19.0 Å². The summed E-state index contributed by atoms with van der Waals surface area (Å²) >= 11 is 6.29. The lowest BCUT2D eigenvalue weighted by molar-refractivity contribution is -0.115. The van der Waals surface area contributed by atoms with Crippen molar-refractivity contribution >= 4 is 40.3 Å². The van der Waals surface area contributed by atoms with E-state index in [0.717, 1.165) is 11.3 Å². The number of thioether (sulfide) groups is 1. The van der Waals surface area contributed by atoms with Gasteiger partial charge in [0.05, 0.1) is 25.2 Å². The zero-order valence-corrected chi connectivity index (χ0v) is 19.8. The first-order valence-electron chi connectivity index (χ1n) is 10.1. The van der Waals surface area contributed by atoms with Gasteiger partial charge in [-0.15, -0.1) is 0 Å². The summed E-state index contributed by atoms with van der Waals surface area (Å²) in [6.07, 6.45) is 2.47. The molecule has 0 spiro atoms. The Morgan fingerprint density at radius 3 is 2.39 bits per heavy atom. The molecule has 3 rings (SSSR count). The van der Waals surface area contributed by atoms with E-state index in [1.54, 1.807) is 13.2 Å². The first-order valence-corrected chi connectivity index (χ1v) is 11.3. The van der Waals surface area contributed by atoms with Crippen LogP contribution in [0.1, 0.15) is 38.3 Å². The second kappa shape index (κ2) is 10.2. The summed E-state index contributed by atoms with van der Waals surface area (Å²) in [7, 11) is 1.59. The zero-order chi connectivity index (χ0) is 22.4. The highest BCUT2D eigenvalue weighted by molar-refractivity contribution is 8.26. The lowest BCUT2D eigenvalue weighted by Crippen LogP contribution is -2.17. The smallest absolute Gasteiger partial charge is 0.263 e. The van der Waals surface area contributed by atoms with Gasteiger partial charge in [-0.3, -0.25) is 4.79 Å². The fourth-order valence-corrected chi connectivity index (χ4v) is 4.03. The van der Waals surface area contributed by atoms with E-state index in [1.165, 1.54) is 17.3 Å². The number of carbonyl (C=O) groups is 1. The van der Waals surface area contributed by atoms with Crippen LogP contribution in [0.5, 0.6) is 17.2 Å². The minimum absolute atomic E-state index is 0.122. The van der Waals surface area contributed by atoms with Gasteiger partial charge in [0.15, 0.2) is 11.5 Å². The van der Waals surface area contributed by atoms with Crippen LogP contribution in [0, 0.1) is 0 Å². The topological polar surface area (TPSA) is 56.8 Å². The maximum Gasteiger partial charge on any atom is 0.263 e. The molecule has 164 valence electrons. The van der Waals surface area contributed by atoms with Crippen molar-refractivity contribution in [1.82, 2.24) is 5.32 Å². The van der Waals surface area contributed by atoms with E-state index in [4.69, 9.17) is 26.4 Å². The van der Waals surface area contributed by atoms with Crippen LogP contribution in [0.2, 0.25) is 0 Å². The number of methoxy groups -OCH3 is 1. The quantitative estimate of drug-likeness (QED) is 0.329. The summed E-state index contributed by atoms with van der Waals surface area (Å²) in [5, 5.41) is 2.62. The third kappa shape index (κ3) is 6.24. The van der Waals surface area contributed by atoms with Gasteiger partial charge in [0.1, 0.15) is 10.1 Å². The highest BCUT2D eigenvalue weighted by Crippen LogP contribution is 2.35. The maximum absolute atomic E-state index is 12.0. The molecule has 0 radical (unpaired) electrons. The predicted molar refractivity (Wildman–Crippen MR) is 130 cm³/mol. The van der Waals surface area contributed by atoms with Crippen molar-refractivity contribution in [2.24, 2.45) is 0 Å². The van der Waals surface area contributed by atoms with Crippen molar-refractivity contribution in [1.29, 1.82) is 0 Å². The molecular formula is C24H27NO4S2. The molecule has 1 amide bonds. The van der Waals surface area contributed by atoms with E-state index in [9.17, 15) is 4.79 Å². The van der Waals surface area contributed by atoms with Gasteiger partial charge >= 0.3 is 0 Å². The molecule has 1 N–H and O–H groups in total. The Hall–Kier alpha value is -2.51. The summed E-state index contributed by atoms with van der Waals surface area (Å²) < 4.78 is 17.7. The van der Waals surface area contributed by atoms with Gasteiger partial charge in [-0.25, -0.2) is 0 Å². The van der Waals surface area contributed by atoms with E-state index >= 15 is 0 Å². The molecule has 0 saturated carbocycles. The Bertz CT molecular complexity index is 978. The number of thiocarbonyl (C=S) groups is 1. The molecular weight excluding hydrogens is 430 g/mol. The number of nitrogens with one attached hydrogen (secondary N) is 1. The highest BCUT2D eigenvalue weighted by atomic mass is 32.2. The normalized spacial score (nSPS) is 15.2. The van der Waals surface area contributed by atoms with Crippen LogP contribution in [-0.4, -0.2) is 30.6 Å². The first-order chi connectivity index (χ1) is 14.8. The van der Waals surface area contributed by atoms with Crippen LogP contribution in [0.15, 0.2) is 47.4 Å². The average molecular weight is 458 g/mol. The largest absolute Gasteiger partial charge is 0.493 e. The number of amides is 1. The summed E-state index contributed by atoms with van der Waals surface area (Å²) in [5.41, 5.74) is 2.16. The number of carbonyl (C=O) groups excluding carboxylic acids is 1. The molecule has 0 bridgehead atoms. The van der Waals surface area contributed by atoms with Crippen molar-refractivity contribution in [3.63, 3.8) is 0 Å². The fraction of sp³-hybridized carbons (Fsp3) is 0.333. The Balaban J connectivity index is 1.58. The van der Waals surface area contributed by atoms with Crippen LogP contribution in [0.3, 0.4) is 0 Å². The van der Waals surface area contributed by atoms with Crippen molar-refractivity contribution in [3.05, 3.63) is 58.5 Å². The fourth-order valence-electron chi connectivity index (χ4n) is 3.00. The minimum Gasteiger partial charge on any atom is -0.493 e. The Kier molecular flexibility index (Phi) is 7.62. The molecule has 1 aliphatic rings. The lowest BCUT2D eigenvalue weighted by Gasteiger charge is -2.19. The minimum atomic E-state index is -0.199. The van der Waals surface area contributed by atoms with E-state index in [1.807, 2.05) is 30.3 Å². The second-order valence-electron chi connectivity index (χ2n) is 8.06. The molecule has 1 aliphatic heterocycles. The van der Waals surface area contributed by atoms with E-state index in [0.29, 0.717) is 40.4 Å². The number of benzene rings is 2. The van der Waals surface area contributed by atoms with Gasteiger partial charge in [0, 0.05) is 12.0 Å². The number of hydrogen-bond donors (Lipinski definition) is 1. The Morgan fingerprint density at radius 1 is 1.06 bits per heavy atom. The molecule has 1 saturated heterocycles. The number of rotatable bonds is 8. The molecule has 0 unspecified atom stereocenters. The molecule has 0 aromatic heterocycles. The summed E-state index contributed by atoms with van der Waals surface area (Å²) in [4.78, 5) is 12.5. The molecule has 0 atom stereocenters. The van der Waals surface area contributed by atoms with E-state index in [-0.39, 0.29) is 11.3 Å². The molecule has 0 aliphatic carbocycles. The lowest BCUT2D eigenvalue weighted by atomic mass is 9.87. The van der Waals surface area contributed by atoms with E-state index < -0.39 is 0 Å². The summed E-state index contributed by atoms with van der Waals surface area (Å²) in [6, 6.07) is 13.8. The number of hydrogen-bond acceptors (Lipinski definition) is 6. The standard InChI is InChI=1S/C24H27NO4S2/c1-24(2,3)17-9-11-18(12-10-17)28-13-6-14-29-21-16(7-5-8-19(21)27-4)15-20-22(26)25-23(30)31-20/h5,7-12,15H,6,13-14H2,1-4H3,(H,25,26,30)/b20-15-. The van der Waals surface area contributed by atoms with Crippen molar-refractivity contribution in [2.75, 3.05) is 20.3 Å². The van der Waals surface area contributed by atoms with Crippen LogP contribution < -0.4 is 19.5 Å². The van der Waals surface area contributed by atoms with Crippen molar-refractivity contribution in [2.45, 2.75) is 32.6 Å². The molecule has 5 nitrogen and oxygen atoms in total. The van der Waals surface area contributed by atoms with Gasteiger partial charge in [0.2, 0.25) is 0 Å². The number of para-hydroxylation sites is 1. The summed E-state index contributed by atoms with van der Waals surface area (Å²) in [6.45, 7) is 7.55. The monoisotopic (exact) mass is 457 g/mol. The Morgan fingerprint density at radius 2 is 1.77 bits per heavy atom. The van der Waals surface area contributed by atoms with Gasteiger partial charge in [-0.1, -0.05) is 69.0 Å². The molecule has 1 heterocycles. The SMILES string of the molecule is COc1cccc(/C=C2\SC(=S)NC2=O)c1OCCCOc1ccc(C(C)(C)C)cc1. The van der Waals surface area contributed by atoms with Crippen LogP contribution >= 0.6 is 24.0 Å². The molecule has 2 aromatic rings. The van der Waals surface area contributed by atoms with Gasteiger partial charge in [0.25, 0.3) is 5.91 Å². The third-order valence-electron chi connectivity index (χ3n) is 4.68. The maximum atomic E-state index is 12.0. The second-order valence-corrected chi connectivity index (χ2v) is 9.77. The van der Waals surface area contributed by atoms with Crippen LogP contribution in [-0.2, 0) is 10.2 Å². The molecule has 7 heteroatoms. The highest BCUT2D eigenvalue weighted by Gasteiger charge is 2.23. The van der Waals surface area contributed by atoms with Gasteiger partial charge in [-0.2, -0.15) is 0 Å². The van der Waals surface area contributed by atoms with E-state index in [2.05, 4.69) is 38.2 Å². The molecule has 31 heavy (non-hydrogen) atoms. The van der Waals surface area contributed by atoms with Crippen molar-refractivity contribution in [3.8, 4) is 17.2 Å².